The molecule has 2 saturated heterocycles. The highest BCUT2D eigenvalue weighted by atomic mass is 16.8. The van der Waals surface area contributed by atoms with Gasteiger partial charge in [0.15, 0.2) is 0 Å². The molecule has 2 aliphatic carbocycles. The molecule has 0 aromatic heterocycles. The molecule has 2 aliphatic heterocycles. The van der Waals surface area contributed by atoms with Crippen molar-refractivity contribution >= 4 is 23.9 Å². The highest BCUT2D eigenvalue weighted by Crippen LogP contribution is 2.47. The second-order valence-electron chi connectivity index (χ2n) is 13.8. The third kappa shape index (κ3) is 7.74. The first-order valence-corrected chi connectivity index (χ1v) is 17.9. The Morgan fingerprint density at radius 3 is 2.37 bits per heavy atom. The summed E-state index contributed by atoms with van der Waals surface area (Å²) >= 11 is 0. The summed E-state index contributed by atoms with van der Waals surface area (Å²) in [6.07, 6.45) is 5.94. The number of epoxide rings is 1. The molecule has 8 atom stereocenters. The quantitative estimate of drug-likeness (QED) is 0.163. The number of fused-ring (bicyclic) bond motifs is 2. The van der Waals surface area contributed by atoms with Crippen molar-refractivity contribution in [2.45, 2.75) is 81.1 Å². The predicted molar refractivity (Wildman–Crippen MR) is 190 cm³/mol. The van der Waals surface area contributed by atoms with Gasteiger partial charge >= 0.3 is 5.97 Å². The van der Waals surface area contributed by atoms with Crippen LogP contribution in [-0.2, 0) is 34.3 Å². The van der Waals surface area contributed by atoms with Crippen LogP contribution in [0.15, 0.2) is 103 Å². The largest absolute Gasteiger partial charge is 0.456 e. The summed E-state index contributed by atoms with van der Waals surface area (Å²) in [7, 11) is 0. The topological polar surface area (TPSA) is 156 Å². The molecular weight excluding hydrogens is 664 g/mol. The Bertz CT molecular complexity index is 1770. The lowest BCUT2D eigenvalue weighted by atomic mass is 9.88. The highest BCUT2D eigenvalue weighted by Gasteiger charge is 2.55. The van der Waals surface area contributed by atoms with Crippen molar-refractivity contribution in [1.82, 2.24) is 10.6 Å². The maximum atomic E-state index is 13.9. The lowest BCUT2D eigenvalue weighted by Crippen LogP contribution is -2.54. The first kappa shape index (κ1) is 35.7. The normalized spacial score (nSPS) is 27.0. The minimum absolute atomic E-state index is 0.0396. The number of hydrogen-bond acceptors (Lipinski definition) is 9. The smallest absolute Gasteiger partial charge is 0.338 e. The number of amides is 2. The van der Waals surface area contributed by atoms with E-state index in [0.29, 0.717) is 23.7 Å². The van der Waals surface area contributed by atoms with Crippen LogP contribution in [0.4, 0.5) is 0 Å². The Morgan fingerprint density at radius 1 is 0.962 bits per heavy atom. The van der Waals surface area contributed by atoms with Crippen LogP contribution in [0.5, 0.6) is 0 Å². The Labute approximate surface area is 302 Å². The van der Waals surface area contributed by atoms with Crippen LogP contribution < -0.4 is 10.6 Å². The first-order valence-electron chi connectivity index (χ1n) is 17.9. The fourth-order valence-corrected chi connectivity index (χ4v) is 7.35. The summed E-state index contributed by atoms with van der Waals surface area (Å²) in [5.41, 5.74) is 2.85. The number of ether oxygens (including phenoxy) is 4. The van der Waals surface area contributed by atoms with Crippen molar-refractivity contribution in [2.75, 3.05) is 13.2 Å². The van der Waals surface area contributed by atoms with Crippen LogP contribution in [0.3, 0.4) is 0 Å². The van der Waals surface area contributed by atoms with E-state index < -0.39 is 54.0 Å². The molecule has 11 nitrogen and oxygen atoms in total. The van der Waals surface area contributed by atoms with E-state index >= 15 is 0 Å². The van der Waals surface area contributed by atoms with Crippen LogP contribution in [-0.4, -0.2) is 83.8 Å². The third-order valence-corrected chi connectivity index (χ3v) is 10.1. The van der Waals surface area contributed by atoms with Crippen LogP contribution in [0.1, 0.15) is 59.7 Å². The molecule has 11 heteroatoms. The maximum Gasteiger partial charge on any atom is 0.338 e. The number of benzene rings is 3. The number of allylic oxidation sites excluding steroid dienone is 1. The molecule has 0 bridgehead atoms. The van der Waals surface area contributed by atoms with Gasteiger partial charge in [0.1, 0.15) is 24.4 Å². The molecule has 1 saturated carbocycles. The lowest BCUT2D eigenvalue weighted by molar-refractivity contribution is -0.157. The fraction of sp³-hybridized carbons (Fsp3) is 0.390. The average molecular weight is 709 g/mol. The summed E-state index contributed by atoms with van der Waals surface area (Å²) in [6.45, 7) is 1.05. The molecule has 0 spiro atoms. The number of nitrogens with one attached hydrogen (secondary N) is 2. The number of carbonyl (C=O) groups excluding carboxylic acids is 3. The third-order valence-electron chi connectivity index (χ3n) is 10.1. The Kier molecular flexibility index (Phi) is 10.7. The van der Waals surface area contributed by atoms with E-state index in [4.69, 9.17) is 24.1 Å². The minimum Gasteiger partial charge on any atom is -0.456 e. The van der Waals surface area contributed by atoms with Crippen LogP contribution >= 0.6 is 0 Å². The molecule has 3 fully saturated rings. The summed E-state index contributed by atoms with van der Waals surface area (Å²) < 4.78 is 25.4. The monoisotopic (exact) mass is 708 g/mol. The van der Waals surface area contributed by atoms with Crippen molar-refractivity contribution in [3.05, 3.63) is 125 Å². The van der Waals surface area contributed by atoms with E-state index in [1.54, 1.807) is 18.2 Å². The van der Waals surface area contributed by atoms with Gasteiger partial charge in [-0.25, -0.2) is 4.79 Å². The number of rotatable bonds is 12. The Morgan fingerprint density at radius 2 is 1.69 bits per heavy atom. The molecule has 3 unspecified atom stereocenters. The summed E-state index contributed by atoms with van der Waals surface area (Å²) in [4.78, 5) is 40.4. The van der Waals surface area contributed by atoms with Gasteiger partial charge in [-0.15, -0.1) is 0 Å². The highest BCUT2D eigenvalue weighted by molar-refractivity contribution is 5.97. The van der Waals surface area contributed by atoms with Crippen molar-refractivity contribution < 1.29 is 43.5 Å². The number of hydrogen-bond donors (Lipinski definition) is 4. The number of esters is 1. The molecule has 0 radical (unpaired) electrons. The van der Waals surface area contributed by atoms with E-state index in [-0.39, 0.29) is 25.1 Å². The first-order chi connectivity index (χ1) is 25.2. The molecule has 272 valence electrons. The van der Waals surface area contributed by atoms with Crippen molar-refractivity contribution in [2.24, 2.45) is 5.92 Å². The molecule has 4 N–H and O–H groups in total. The van der Waals surface area contributed by atoms with Crippen molar-refractivity contribution in [3.63, 3.8) is 0 Å². The molecule has 4 aliphatic rings. The van der Waals surface area contributed by atoms with Gasteiger partial charge in [-0.3, -0.25) is 9.59 Å². The zero-order chi connectivity index (χ0) is 36.2. The van der Waals surface area contributed by atoms with E-state index in [1.165, 1.54) is 6.92 Å². The molecule has 3 aromatic carbocycles. The van der Waals surface area contributed by atoms with E-state index in [0.717, 1.165) is 36.0 Å². The second-order valence-corrected chi connectivity index (χ2v) is 13.8. The maximum absolute atomic E-state index is 13.9. The van der Waals surface area contributed by atoms with Gasteiger partial charge in [0.25, 0.3) is 0 Å². The summed E-state index contributed by atoms with van der Waals surface area (Å²) in [6, 6.07) is 24.8. The summed E-state index contributed by atoms with van der Waals surface area (Å²) in [5, 5.41) is 24.6. The van der Waals surface area contributed by atoms with Crippen molar-refractivity contribution in [1.29, 1.82) is 0 Å². The SMILES string of the molecule is C[C@H](O)[C@@H](NC(=O)C1=C[C@H]2OC(c3ccccc3)(c3ccccc3)O[C@H]2[C@H](OC(=O)c2cccc(C=CC3CCC4OC4C3)c2)C1)C(=O)NCCO. The molecule has 7 rings (SSSR count). The van der Waals surface area contributed by atoms with Gasteiger partial charge in [-0.2, -0.15) is 0 Å². The number of carbonyl (C=O) groups is 3. The number of aliphatic hydroxyl groups is 2. The molecule has 3 aromatic rings. The van der Waals surface area contributed by atoms with Gasteiger partial charge < -0.3 is 39.8 Å². The molecule has 52 heavy (non-hydrogen) atoms. The summed E-state index contributed by atoms with van der Waals surface area (Å²) in [5.74, 6) is -2.82. The molecule has 2 amide bonds. The zero-order valence-electron chi connectivity index (χ0n) is 28.9. The second kappa shape index (κ2) is 15.5. The van der Waals surface area contributed by atoms with Crippen molar-refractivity contribution in [3.8, 4) is 0 Å². The average Bonchev–Trinajstić information content (AvgIpc) is 3.84. The minimum atomic E-state index is -1.38. The Balaban J connectivity index is 1.16. The fourth-order valence-electron chi connectivity index (χ4n) is 7.35. The van der Waals surface area contributed by atoms with Crippen LogP contribution in [0, 0.1) is 5.92 Å². The van der Waals surface area contributed by atoms with E-state index in [2.05, 4.69) is 16.7 Å². The van der Waals surface area contributed by atoms with Gasteiger partial charge in [0.05, 0.1) is 30.5 Å². The lowest BCUT2D eigenvalue weighted by Gasteiger charge is -2.31. The number of aliphatic hydroxyl groups excluding tert-OH is 2. The van der Waals surface area contributed by atoms with Crippen LogP contribution in [0.25, 0.3) is 6.08 Å². The van der Waals surface area contributed by atoms with Crippen LogP contribution in [0.2, 0.25) is 0 Å². The van der Waals surface area contributed by atoms with E-state index in [9.17, 15) is 19.5 Å². The standard InChI is InChI=1S/C41H44N2O9/c1-25(45)36(39(47)42-19-20-44)43-38(46)29-23-34(50-40(48)28-10-8-9-26(21-28)15-16-27-17-18-32-33(22-27)49-32)37-35(24-29)51-41(52-37,30-11-4-2-5-12-30)31-13-6-3-7-14-31/h2-16,21,24-25,27,32-37,44-45H,17-20,22-23H2,1H3,(H,42,47)(H,43,46)/t25-,27?,32?,33?,34+,35+,36+,37-/m0/s1. The van der Waals surface area contributed by atoms with E-state index in [1.807, 2.05) is 78.9 Å². The Hall–Kier alpha value is -4.65. The molecule has 2 heterocycles. The predicted octanol–water partition coefficient (Wildman–Crippen LogP) is 3.78. The van der Waals surface area contributed by atoms with Gasteiger partial charge in [0, 0.05) is 29.7 Å². The van der Waals surface area contributed by atoms with Gasteiger partial charge in [-0.05, 0) is 55.9 Å². The van der Waals surface area contributed by atoms with Gasteiger partial charge in [0.2, 0.25) is 17.6 Å². The van der Waals surface area contributed by atoms with Gasteiger partial charge in [-0.1, -0.05) is 84.9 Å². The molecular formula is C41H44N2O9. The zero-order valence-corrected chi connectivity index (χ0v) is 28.9.